The van der Waals surface area contributed by atoms with E-state index in [4.69, 9.17) is 9.47 Å². The normalized spacial score (nSPS) is 16.1. The molecule has 2 atom stereocenters. The summed E-state index contributed by atoms with van der Waals surface area (Å²) in [6.07, 6.45) is -1.41. The summed E-state index contributed by atoms with van der Waals surface area (Å²) in [6, 6.07) is 12.8. The number of anilines is 1. The van der Waals surface area contributed by atoms with E-state index >= 15 is 0 Å². The van der Waals surface area contributed by atoms with Crippen LogP contribution >= 0.6 is 0 Å². The number of carbonyl (C=O) groups excluding carboxylic acids is 3. The minimum absolute atomic E-state index is 0.0132. The van der Waals surface area contributed by atoms with Gasteiger partial charge in [0, 0.05) is 13.0 Å². The summed E-state index contributed by atoms with van der Waals surface area (Å²) in [6.45, 7) is 7.32. The van der Waals surface area contributed by atoms with Gasteiger partial charge in [0.25, 0.3) is 11.8 Å². The molecule has 2 aromatic carbocycles. The van der Waals surface area contributed by atoms with E-state index in [1.165, 1.54) is 4.90 Å². The Morgan fingerprint density at radius 3 is 2.65 bits per heavy atom. The predicted octanol–water partition coefficient (Wildman–Crippen LogP) is 2.42. The standard InChI is InChI=1S/C23H27N3O5/c1-14-8-7-11-19(15(14)2)30-16(3)22(28)25-24-21(27)12-13-26-18-9-5-6-10-20(18)31-17(4)23(26)29/h5-11,16-17H,12-13H2,1-4H3,(H,24,27)(H,25,28)/t16-,17-/m0/s1. The highest BCUT2D eigenvalue weighted by Crippen LogP contribution is 2.33. The second-order valence-corrected chi connectivity index (χ2v) is 7.46. The van der Waals surface area contributed by atoms with E-state index in [9.17, 15) is 14.4 Å². The number of para-hydroxylation sites is 2. The average molecular weight is 425 g/mol. The molecular formula is C23H27N3O5. The number of nitrogens with zero attached hydrogens (tertiary/aromatic N) is 1. The van der Waals surface area contributed by atoms with Crippen molar-refractivity contribution in [3.63, 3.8) is 0 Å². The SMILES string of the molecule is Cc1cccc(O[C@@H](C)C(=O)NNC(=O)CCN2C(=O)[C@H](C)Oc3ccccc32)c1C. The molecule has 1 heterocycles. The van der Waals surface area contributed by atoms with Gasteiger partial charge >= 0.3 is 0 Å². The van der Waals surface area contributed by atoms with Crippen molar-refractivity contribution in [2.75, 3.05) is 11.4 Å². The lowest BCUT2D eigenvalue weighted by molar-refractivity contribution is -0.132. The molecule has 2 N–H and O–H groups in total. The minimum atomic E-state index is -0.797. The van der Waals surface area contributed by atoms with Gasteiger partial charge in [-0.25, -0.2) is 0 Å². The number of hydrazine groups is 1. The van der Waals surface area contributed by atoms with Crippen LogP contribution in [0.25, 0.3) is 0 Å². The van der Waals surface area contributed by atoms with Crippen molar-refractivity contribution in [2.24, 2.45) is 0 Å². The number of ether oxygens (including phenoxy) is 2. The van der Waals surface area contributed by atoms with E-state index in [-0.39, 0.29) is 18.9 Å². The molecule has 0 fully saturated rings. The van der Waals surface area contributed by atoms with Crippen molar-refractivity contribution in [1.29, 1.82) is 0 Å². The van der Waals surface area contributed by atoms with Crippen LogP contribution in [0.2, 0.25) is 0 Å². The van der Waals surface area contributed by atoms with E-state index < -0.39 is 24.0 Å². The Balaban J connectivity index is 1.50. The lowest BCUT2D eigenvalue weighted by Crippen LogP contribution is -2.49. The molecule has 3 amide bonds. The zero-order valence-electron chi connectivity index (χ0n) is 18.1. The van der Waals surface area contributed by atoms with Gasteiger partial charge in [-0.2, -0.15) is 0 Å². The first-order valence-electron chi connectivity index (χ1n) is 10.2. The van der Waals surface area contributed by atoms with Gasteiger partial charge in [0.2, 0.25) is 5.91 Å². The van der Waals surface area contributed by atoms with E-state index in [1.807, 2.05) is 32.0 Å². The molecule has 1 aliphatic rings. The molecule has 0 radical (unpaired) electrons. The quantitative estimate of drug-likeness (QED) is 0.693. The second-order valence-electron chi connectivity index (χ2n) is 7.46. The first-order valence-corrected chi connectivity index (χ1v) is 10.2. The van der Waals surface area contributed by atoms with Gasteiger partial charge in [-0.1, -0.05) is 24.3 Å². The van der Waals surface area contributed by atoms with E-state index in [1.54, 1.807) is 38.1 Å². The molecule has 31 heavy (non-hydrogen) atoms. The summed E-state index contributed by atoms with van der Waals surface area (Å²) in [5.41, 5.74) is 7.39. The highest BCUT2D eigenvalue weighted by Gasteiger charge is 2.31. The first-order chi connectivity index (χ1) is 14.8. The molecule has 0 saturated heterocycles. The number of aryl methyl sites for hydroxylation is 1. The van der Waals surface area contributed by atoms with Gasteiger partial charge in [-0.05, 0) is 57.0 Å². The molecule has 8 nitrogen and oxygen atoms in total. The Labute approximate surface area is 181 Å². The Kier molecular flexibility index (Phi) is 6.79. The maximum Gasteiger partial charge on any atom is 0.279 e. The highest BCUT2D eigenvalue weighted by molar-refractivity contribution is 6.00. The van der Waals surface area contributed by atoms with Gasteiger partial charge in [0.05, 0.1) is 5.69 Å². The molecule has 1 aliphatic heterocycles. The Hall–Kier alpha value is -3.55. The molecule has 8 heteroatoms. The summed E-state index contributed by atoms with van der Waals surface area (Å²) >= 11 is 0. The molecule has 164 valence electrons. The summed E-state index contributed by atoms with van der Waals surface area (Å²) < 4.78 is 11.3. The fourth-order valence-corrected chi connectivity index (χ4v) is 3.19. The van der Waals surface area contributed by atoms with Crippen LogP contribution in [-0.2, 0) is 14.4 Å². The van der Waals surface area contributed by atoms with Crippen molar-refractivity contribution in [1.82, 2.24) is 10.9 Å². The molecule has 0 unspecified atom stereocenters. The third kappa shape index (κ3) is 5.14. The average Bonchev–Trinajstić information content (AvgIpc) is 2.75. The highest BCUT2D eigenvalue weighted by atomic mass is 16.5. The van der Waals surface area contributed by atoms with Crippen LogP contribution < -0.4 is 25.2 Å². The number of carbonyl (C=O) groups is 3. The number of fused-ring (bicyclic) bond motifs is 1. The van der Waals surface area contributed by atoms with Gasteiger partial charge in [0.15, 0.2) is 12.2 Å². The third-order valence-corrected chi connectivity index (χ3v) is 5.19. The van der Waals surface area contributed by atoms with Crippen molar-refractivity contribution in [3.05, 3.63) is 53.6 Å². The van der Waals surface area contributed by atoms with Crippen LogP contribution in [0.1, 0.15) is 31.4 Å². The van der Waals surface area contributed by atoms with Crippen LogP contribution in [0.4, 0.5) is 5.69 Å². The van der Waals surface area contributed by atoms with E-state index in [0.29, 0.717) is 17.2 Å². The molecule has 0 bridgehead atoms. The summed E-state index contributed by atoms with van der Waals surface area (Å²) in [7, 11) is 0. The summed E-state index contributed by atoms with van der Waals surface area (Å²) in [5.74, 6) is 0.104. The van der Waals surface area contributed by atoms with Crippen molar-refractivity contribution in [2.45, 2.75) is 46.3 Å². The van der Waals surface area contributed by atoms with Crippen LogP contribution in [-0.4, -0.2) is 36.5 Å². The number of rotatable bonds is 6. The van der Waals surface area contributed by atoms with E-state index in [0.717, 1.165) is 11.1 Å². The Morgan fingerprint density at radius 1 is 1.13 bits per heavy atom. The van der Waals surface area contributed by atoms with Gasteiger partial charge in [-0.3, -0.25) is 25.2 Å². The summed E-state index contributed by atoms with van der Waals surface area (Å²) in [4.78, 5) is 38.5. The molecule has 0 aliphatic carbocycles. The van der Waals surface area contributed by atoms with Crippen LogP contribution in [0.15, 0.2) is 42.5 Å². The van der Waals surface area contributed by atoms with Gasteiger partial charge < -0.3 is 14.4 Å². The van der Waals surface area contributed by atoms with Gasteiger partial charge in [-0.15, -0.1) is 0 Å². The predicted molar refractivity (Wildman–Crippen MR) is 116 cm³/mol. The van der Waals surface area contributed by atoms with Crippen molar-refractivity contribution >= 4 is 23.4 Å². The number of amides is 3. The molecule has 0 aromatic heterocycles. The number of hydrogen-bond donors (Lipinski definition) is 2. The van der Waals surface area contributed by atoms with E-state index in [2.05, 4.69) is 10.9 Å². The summed E-state index contributed by atoms with van der Waals surface area (Å²) in [5, 5.41) is 0. The van der Waals surface area contributed by atoms with Crippen LogP contribution in [0.3, 0.4) is 0 Å². The maximum absolute atomic E-state index is 12.5. The Bertz CT molecular complexity index is 991. The molecule has 0 saturated carbocycles. The topological polar surface area (TPSA) is 97.0 Å². The zero-order chi connectivity index (χ0) is 22.5. The third-order valence-electron chi connectivity index (χ3n) is 5.19. The first kappa shape index (κ1) is 22.1. The second kappa shape index (κ2) is 9.51. The van der Waals surface area contributed by atoms with Crippen LogP contribution in [0.5, 0.6) is 11.5 Å². The van der Waals surface area contributed by atoms with Crippen molar-refractivity contribution < 1.29 is 23.9 Å². The lowest BCUT2D eigenvalue weighted by Gasteiger charge is -2.32. The number of hydrogen-bond acceptors (Lipinski definition) is 5. The van der Waals surface area contributed by atoms with Gasteiger partial charge in [0.1, 0.15) is 11.5 Å². The molecule has 0 spiro atoms. The lowest BCUT2D eigenvalue weighted by atomic mass is 10.1. The number of benzene rings is 2. The molecular weight excluding hydrogens is 398 g/mol. The molecule has 3 rings (SSSR count). The zero-order valence-corrected chi connectivity index (χ0v) is 18.1. The monoisotopic (exact) mass is 425 g/mol. The minimum Gasteiger partial charge on any atom is -0.481 e. The molecule has 2 aromatic rings. The maximum atomic E-state index is 12.5. The smallest absolute Gasteiger partial charge is 0.279 e. The fraction of sp³-hybridized carbons (Fsp3) is 0.348. The van der Waals surface area contributed by atoms with Crippen LogP contribution in [0, 0.1) is 13.8 Å². The fourth-order valence-electron chi connectivity index (χ4n) is 3.19. The number of nitrogens with one attached hydrogen (secondary N) is 2. The largest absolute Gasteiger partial charge is 0.481 e. The Morgan fingerprint density at radius 2 is 1.87 bits per heavy atom. The van der Waals surface area contributed by atoms with Crippen molar-refractivity contribution in [3.8, 4) is 11.5 Å².